The number of anilines is 1. The number of hydrogen-bond donors (Lipinski definition) is 3. The molecule has 4 rings (SSSR count). The highest BCUT2D eigenvalue weighted by molar-refractivity contribution is 6.02. The van der Waals surface area contributed by atoms with Gasteiger partial charge in [0.1, 0.15) is 18.2 Å². The number of aliphatic hydroxyl groups excluding tert-OH is 1. The van der Waals surface area contributed by atoms with Crippen molar-refractivity contribution in [3.63, 3.8) is 0 Å². The number of rotatable bonds is 10. The minimum atomic E-state index is -0.0382. The number of hydrogen-bond acceptors (Lipinski definition) is 7. The third-order valence-corrected chi connectivity index (χ3v) is 5.61. The van der Waals surface area contributed by atoms with E-state index in [-0.39, 0.29) is 19.3 Å². The van der Waals surface area contributed by atoms with Crippen molar-refractivity contribution < 1.29 is 14.6 Å². The van der Waals surface area contributed by atoms with Crippen LogP contribution in [0.15, 0.2) is 48.7 Å². The molecule has 3 heterocycles. The van der Waals surface area contributed by atoms with Crippen LogP contribution >= 0.6 is 0 Å². The lowest BCUT2D eigenvalue weighted by molar-refractivity contribution is 0.0904. The molecular weight excluding hydrogens is 418 g/mol. The minimum absolute atomic E-state index is 0.0382. The van der Waals surface area contributed by atoms with E-state index in [1.807, 2.05) is 47.1 Å². The molecule has 8 nitrogen and oxygen atoms in total. The molecule has 1 aliphatic rings. The Labute approximate surface area is 194 Å². The monoisotopic (exact) mass is 449 g/mol. The van der Waals surface area contributed by atoms with Crippen molar-refractivity contribution in [2.24, 2.45) is 0 Å². The number of ether oxygens (including phenoxy) is 2. The van der Waals surface area contributed by atoms with Crippen LogP contribution in [0.5, 0.6) is 5.75 Å². The highest BCUT2D eigenvalue weighted by Crippen LogP contribution is 2.27. The number of nitrogens with one attached hydrogen (secondary N) is 2. The summed E-state index contributed by atoms with van der Waals surface area (Å²) in [6.45, 7) is 3.76. The maximum Gasteiger partial charge on any atom is 0.136 e. The fraction of sp³-hybridized carbons (Fsp3) is 0.400. The van der Waals surface area contributed by atoms with Crippen LogP contribution in [0.25, 0.3) is 17.1 Å². The molecule has 174 valence electrons. The fourth-order valence-electron chi connectivity index (χ4n) is 3.95. The van der Waals surface area contributed by atoms with Gasteiger partial charge < -0.3 is 25.3 Å². The molecular formula is C25H31N5O3. The van der Waals surface area contributed by atoms with Crippen molar-refractivity contribution in [2.45, 2.75) is 38.6 Å². The molecule has 0 unspecified atom stereocenters. The summed E-state index contributed by atoms with van der Waals surface area (Å²) < 4.78 is 12.9. The van der Waals surface area contributed by atoms with Crippen molar-refractivity contribution >= 4 is 11.5 Å². The molecule has 33 heavy (non-hydrogen) atoms. The van der Waals surface area contributed by atoms with E-state index in [0.717, 1.165) is 60.9 Å². The van der Waals surface area contributed by atoms with Crippen LogP contribution in [-0.4, -0.2) is 58.1 Å². The molecule has 0 saturated carbocycles. The predicted molar refractivity (Wildman–Crippen MR) is 129 cm³/mol. The van der Waals surface area contributed by atoms with Crippen LogP contribution in [0.1, 0.15) is 38.2 Å². The number of pyridine rings is 1. The van der Waals surface area contributed by atoms with E-state index in [4.69, 9.17) is 25.0 Å². The Morgan fingerprint density at radius 3 is 2.88 bits per heavy atom. The summed E-state index contributed by atoms with van der Waals surface area (Å²) in [5.41, 5.74) is 3.90. The largest absolute Gasteiger partial charge is 0.491 e. The minimum Gasteiger partial charge on any atom is -0.491 e. The second-order valence-electron chi connectivity index (χ2n) is 8.05. The summed E-state index contributed by atoms with van der Waals surface area (Å²) >= 11 is 0. The number of benzene rings is 1. The van der Waals surface area contributed by atoms with Gasteiger partial charge in [0.15, 0.2) is 0 Å². The average molecular weight is 450 g/mol. The standard InChI is InChI=1S/C25H31N5O3/c1-2-4-22(26)21-7-8-23(29-25(21)28-18-10-14-32-15-11-18)24-9-12-27-30(24)19-5-3-6-20(17-19)33-16-13-31/h3,5-9,12,17-18,26,31H,2,4,10-11,13-16H2,1H3,(H,28,29). The van der Waals surface area contributed by atoms with Gasteiger partial charge >= 0.3 is 0 Å². The Bertz CT molecular complexity index is 1080. The first-order valence-corrected chi connectivity index (χ1v) is 11.5. The second kappa shape index (κ2) is 11.1. The maximum absolute atomic E-state index is 9.03. The van der Waals surface area contributed by atoms with Gasteiger partial charge in [-0.3, -0.25) is 0 Å². The number of aromatic nitrogens is 3. The average Bonchev–Trinajstić information content (AvgIpc) is 3.34. The highest BCUT2D eigenvalue weighted by Gasteiger charge is 2.19. The van der Waals surface area contributed by atoms with Crippen molar-refractivity contribution in [3.05, 3.63) is 54.2 Å². The second-order valence-corrected chi connectivity index (χ2v) is 8.05. The molecule has 1 fully saturated rings. The molecule has 0 radical (unpaired) electrons. The van der Waals surface area contributed by atoms with Crippen LogP contribution in [0.4, 0.5) is 5.82 Å². The highest BCUT2D eigenvalue weighted by atomic mass is 16.5. The van der Waals surface area contributed by atoms with Gasteiger partial charge in [-0.15, -0.1) is 0 Å². The zero-order chi connectivity index (χ0) is 23.0. The summed E-state index contributed by atoms with van der Waals surface area (Å²) in [6.07, 6.45) is 5.22. The first kappa shape index (κ1) is 22.9. The lowest BCUT2D eigenvalue weighted by Gasteiger charge is -2.25. The molecule has 3 N–H and O–H groups in total. The summed E-state index contributed by atoms with van der Waals surface area (Å²) in [7, 11) is 0. The molecule has 0 atom stereocenters. The van der Waals surface area contributed by atoms with E-state index in [0.29, 0.717) is 17.9 Å². The van der Waals surface area contributed by atoms with Gasteiger partial charge in [0.05, 0.1) is 29.9 Å². The van der Waals surface area contributed by atoms with Crippen molar-refractivity contribution in [1.29, 1.82) is 5.41 Å². The molecule has 0 aliphatic carbocycles. The first-order valence-electron chi connectivity index (χ1n) is 11.5. The number of nitrogens with zero attached hydrogens (tertiary/aromatic N) is 3. The van der Waals surface area contributed by atoms with Gasteiger partial charge in [0, 0.05) is 36.6 Å². The molecule has 0 amide bonds. The van der Waals surface area contributed by atoms with Crippen molar-refractivity contribution in [1.82, 2.24) is 14.8 Å². The van der Waals surface area contributed by atoms with E-state index < -0.39 is 0 Å². The molecule has 1 saturated heterocycles. The zero-order valence-electron chi connectivity index (χ0n) is 19.0. The predicted octanol–water partition coefficient (Wildman–Crippen LogP) is 4.06. The van der Waals surface area contributed by atoms with Crippen LogP contribution in [0.2, 0.25) is 0 Å². The Balaban J connectivity index is 1.68. The smallest absolute Gasteiger partial charge is 0.136 e. The van der Waals surface area contributed by atoms with E-state index in [9.17, 15) is 0 Å². The lowest BCUT2D eigenvalue weighted by Crippen LogP contribution is -2.29. The van der Waals surface area contributed by atoms with Crippen LogP contribution in [-0.2, 0) is 4.74 Å². The molecule has 0 spiro atoms. The van der Waals surface area contributed by atoms with E-state index in [1.54, 1.807) is 6.20 Å². The van der Waals surface area contributed by atoms with Gasteiger partial charge in [-0.2, -0.15) is 5.10 Å². The summed E-state index contributed by atoms with van der Waals surface area (Å²) in [4.78, 5) is 4.95. The van der Waals surface area contributed by atoms with Gasteiger partial charge in [0.2, 0.25) is 0 Å². The molecule has 2 aromatic heterocycles. The molecule has 1 aliphatic heterocycles. The van der Waals surface area contributed by atoms with Gasteiger partial charge in [0.25, 0.3) is 0 Å². The third kappa shape index (κ3) is 5.58. The normalized spacial score (nSPS) is 14.2. The fourth-order valence-corrected chi connectivity index (χ4v) is 3.95. The number of aliphatic hydroxyl groups is 1. The summed E-state index contributed by atoms with van der Waals surface area (Å²) in [5.74, 6) is 1.41. The van der Waals surface area contributed by atoms with E-state index >= 15 is 0 Å². The van der Waals surface area contributed by atoms with E-state index in [2.05, 4.69) is 17.3 Å². The molecule has 0 bridgehead atoms. The Morgan fingerprint density at radius 1 is 1.24 bits per heavy atom. The van der Waals surface area contributed by atoms with Crippen LogP contribution in [0, 0.1) is 5.41 Å². The molecule has 1 aromatic carbocycles. The topological polar surface area (TPSA) is 105 Å². The van der Waals surface area contributed by atoms with Crippen LogP contribution in [0.3, 0.4) is 0 Å². The summed E-state index contributed by atoms with van der Waals surface area (Å²) in [6, 6.07) is 13.7. The lowest BCUT2D eigenvalue weighted by atomic mass is 10.0. The third-order valence-electron chi connectivity index (χ3n) is 5.61. The van der Waals surface area contributed by atoms with E-state index in [1.165, 1.54) is 0 Å². The zero-order valence-corrected chi connectivity index (χ0v) is 19.0. The van der Waals surface area contributed by atoms with Gasteiger partial charge in [-0.05, 0) is 49.6 Å². The van der Waals surface area contributed by atoms with Crippen molar-refractivity contribution in [3.8, 4) is 22.8 Å². The van der Waals surface area contributed by atoms with Gasteiger partial charge in [-0.1, -0.05) is 19.4 Å². The van der Waals surface area contributed by atoms with Crippen LogP contribution < -0.4 is 10.1 Å². The maximum atomic E-state index is 9.03. The first-order chi connectivity index (χ1) is 16.2. The van der Waals surface area contributed by atoms with Crippen molar-refractivity contribution in [2.75, 3.05) is 31.7 Å². The molecule has 8 heteroatoms. The Kier molecular flexibility index (Phi) is 7.70. The Hall–Kier alpha value is -3.23. The summed E-state index contributed by atoms with van der Waals surface area (Å²) in [5, 5.41) is 25.7. The Morgan fingerprint density at radius 2 is 2.09 bits per heavy atom. The van der Waals surface area contributed by atoms with Gasteiger partial charge in [-0.25, -0.2) is 9.67 Å². The quantitative estimate of drug-likeness (QED) is 0.403. The SMILES string of the molecule is CCCC(=N)c1ccc(-c2ccnn2-c2cccc(OCCO)c2)nc1NC1CCOCC1. The molecule has 3 aromatic rings.